The fourth-order valence-corrected chi connectivity index (χ4v) is 4.06. The summed E-state index contributed by atoms with van der Waals surface area (Å²) in [7, 11) is 1.61. The molecule has 0 aromatic heterocycles. The Bertz CT molecular complexity index is 937. The molecule has 2 amide bonds. The van der Waals surface area contributed by atoms with Crippen molar-refractivity contribution < 1.29 is 23.8 Å². The van der Waals surface area contributed by atoms with Gasteiger partial charge in [-0.15, -0.1) is 0 Å². The van der Waals surface area contributed by atoms with Crippen molar-refractivity contribution in [2.24, 2.45) is 0 Å². The molecule has 0 bridgehead atoms. The summed E-state index contributed by atoms with van der Waals surface area (Å²) in [4.78, 5) is 27.1. The van der Waals surface area contributed by atoms with Crippen LogP contribution < -0.4 is 19.5 Å². The van der Waals surface area contributed by atoms with Crippen molar-refractivity contribution in [2.75, 3.05) is 33.4 Å². The minimum Gasteiger partial charge on any atom is -0.496 e. The normalized spacial score (nSPS) is 16.0. The molecule has 164 valence electrons. The second-order valence-electron chi connectivity index (χ2n) is 7.87. The van der Waals surface area contributed by atoms with Gasteiger partial charge >= 0.3 is 0 Å². The summed E-state index contributed by atoms with van der Waals surface area (Å²) in [5, 5.41) is 3.11. The zero-order chi connectivity index (χ0) is 21.6. The van der Waals surface area contributed by atoms with Gasteiger partial charge in [-0.2, -0.15) is 0 Å². The SMILES string of the molecule is COc1ccccc1CC(=O)N1CCC(NC(=O)Cc2ccc3c(c2)OCCO3)CC1. The van der Waals surface area contributed by atoms with Crippen LogP contribution >= 0.6 is 0 Å². The van der Waals surface area contributed by atoms with Crippen LogP contribution in [0.1, 0.15) is 24.0 Å². The summed E-state index contributed by atoms with van der Waals surface area (Å²) >= 11 is 0. The molecule has 0 unspecified atom stereocenters. The molecule has 2 heterocycles. The smallest absolute Gasteiger partial charge is 0.227 e. The predicted molar refractivity (Wildman–Crippen MR) is 116 cm³/mol. The van der Waals surface area contributed by atoms with Gasteiger partial charge in [-0.25, -0.2) is 0 Å². The average molecular weight is 424 g/mol. The van der Waals surface area contributed by atoms with Crippen LogP contribution in [-0.2, 0) is 22.4 Å². The Morgan fingerprint density at radius 1 is 1.03 bits per heavy atom. The number of rotatable bonds is 6. The van der Waals surface area contributed by atoms with Crippen molar-refractivity contribution >= 4 is 11.8 Å². The highest BCUT2D eigenvalue weighted by atomic mass is 16.6. The fourth-order valence-electron chi connectivity index (χ4n) is 4.06. The van der Waals surface area contributed by atoms with Crippen molar-refractivity contribution in [2.45, 2.75) is 31.7 Å². The number of carbonyl (C=O) groups is 2. The quantitative estimate of drug-likeness (QED) is 0.770. The van der Waals surface area contributed by atoms with Crippen molar-refractivity contribution in [3.8, 4) is 17.2 Å². The number of carbonyl (C=O) groups excluding carboxylic acids is 2. The molecule has 4 rings (SSSR count). The number of hydrogen-bond donors (Lipinski definition) is 1. The predicted octanol–water partition coefficient (Wildman–Crippen LogP) is 2.36. The lowest BCUT2D eigenvalue weighted by Crippen LogP contribution is -2.47. The summed E-state index contributed by atoms with van der Waals surface area (Å²) in [6, 6.07) is 13.3. The van der Waals surface area contributed by atoms with Gasteiger partial charge in [0.15, 0.2) is 11.5 Å². The summed E-state index contributed by atoms with van der Waals surface area (Å²) < 4.78 is 16.4. The molecule has 0 saturated carbocycles. The Morgan fingerprint density at radius 2 is 1.77 bits per heavy atom. The number of piperidine rings is 1. The van der Waals surface area contributed by atoms with E-state index in [4.69, 9.17) is 14.2 Å². The van der Waals surface area contributed by atoms with Crippen LogP contribution in [0.15, 0.2) is 42.5 Å². The zero-order valence-electron chi connectivity index (χ0n) is 17.8. The van der Waals surface area contributed by atoms with Gasteiger partial charge in [0, 0.05) is 24.7 Å². The topological polar surface area (TPSA) is 77.1 Å². The lowest BCUT2D eigenvalue weighted by molar-refractivity contribution is -0.131. The first-order chi connectivity index (χ1) is 15.1. The van der Waals surface area contributed by atoms with Gasteiger partial charge in [0.1, 0.15) is 19.0 Å². The lowest BCUT2D eigenvalue weighted by Gasteiger charge is -2.32. The first kappa shape index (κ1) is 21.0. The Kier molecular flexibility index (Phi) is 6.60. The monoisotopic (exact) mass is 424 g/mol. The number of para-hydroxylation sites is 1. The molecule has 31 heavy (non-hydrogen) atoms. The van der Waals surface area contributed by atoms with Crippen LogP contribution in [0, 0.1) is 0 Å². The summed E-state index contributed by atoms with van der Waals surface area (Å²) in [5.74, 6) is 2.22. The van der Waals surface area contributed by atoms with E-state index in [1.807, 2.05) is 47.4 Å². The highest BCUT2D eigenvalue weighted by molar-refractivity contribution is 5.80. The van der Waals surface area contributed by atoms with E-state index in [2.05, 4.69) is 5.32 Å². The highest BCUT2D eigenvalue weighted by Gasteiger charge is 2.24. The van der Waals surface area contributed by atoms with E-state index in [1.165, 1.54) is 0 Å². The van der Waals surface area contributed by atoms with Gasteiger partial charge < -0.3 is 24.4 Å². The molecule has 0 spiro atoms. The highest BCUT2D eigenvalue weighted by Crippen LogP contribution is 2.30. The van der Waals surface area contributed by atoms with Gasteiger partial charge in [-0.1, -0.05) is 24.3 Å². The molecule has 1 saturated heterocycles. The summed E-state index contributed by atoms with van der Waals surface area (Å²) in [6.45, 7) is 2.36. The molecule has 1 N–H and O–H groups in total. The van der Waals surface area contributed by atoms with E-state index in [0.29, 0.717) is 44.9 Å². The van der Waals surface area contributed by atoms with E-state index < -0.39 is 0 Å². The number of fused-ring (bicyclic) bond motifs is 1. The summed E-state index contributed by atoms with van der Waals surface area (Å²) in [5.41, 5.74) is 1.79. The van der Waals surface area contributed by atoms with Crippen LogP contribution in [0.5, 0.6) is 17.2 Å². The Balaban J connectivity index is 1.24. The van der Waals surface area contributed by atoms with Crippen molar-refractivity contribution in [3.63, 3.8) is 0 Å². The van der Waals surface area contributed by atoms with Gasteiger partial charge in [-0.05, 0) is 36.6 Å². The molecule has 7 heteroatoms. The van der Waals surface area contributed by atoms with Crippen molar-refractivity contribution in [3.05, 3.63) is 53.6 Å². The number of nitrogens with zero attached hydrogens (tertiary/aromatic N) is 1. The Morgan fingerprint density at radius 3 is 2.55 bits per heavy atom. The molecule has 2 aliphatic rings. The molecule has 2 aromatic rings. The molecule has 0 atom stereocenters. The van der Waals surface area contributed by atoms with Gasteiger partial charge in [0.25, 0.3) is 0 Å². The average Bonchev–Trinajstić information content (AvgIpc) is 2.79. The van der Waals surface area contributed by atoms with E-state index in [9.17, 15) is 9.59 Å². The Hall–Kier alpha value is -3.22. The van der Waals surface area contributed by atoms with E-state index in [0.717, 1.165) is 35.5 Å². The van der Waals surface area contributed by atoms with E-state index in [1.54, 1.807) is 7.11 Å². The Labute approximate surface area is 182 Å². The zero-order valence-corrected chi connectivity index (χ0v) is 17.8. The van der Waals surface area contributed by atoms with Crippen molar-refractivity contribution in [1.82, 2.24) is 10.2 Å². The molecule has 0 radical (unpaired) electrons. The van der Waals surface area contributed by atoms with Crippen LogP contribution in [0.2, 0.25) is 0 Å². The maximum absolute atomic E-state index is 12.7. The van der Waals surface area contributed by atoms with E-state index >= 15 is 0 Å². The van der Waals surface area contributed by atoms with Crippen LogP contribution in [0.4, 0.5) is 0 Å². The van der Waals surface area contributed by atoms with Crippen molar-refractivity contribution in [1.29, 1.82) is 0 Å². The number of methoxy groups -OCH3 is 1. The third-order valence-corrected chi connectivity index (χ3v) is 5.72. The number of nitrogens with one attached hydrogen (secondary N) is 1. The fraction of sp³-hybridized carbons (Fsp3) is 0.417. The maximum Gasteiger partial charge on any atom is 0.227 e. The number of ether oxygens (including phenoxy) is 3. The molecular formula is C24H28N2O5. The van der Waals surface area contributed by atoms with Crippen LogP contribution in [0.3, 0.4) is 0 Å². The minimum atomic E-state index is -0.0181. The molecule has 1 fully saturated rings. The molecular weight excluding hydrogens is 396 g/mol. The molecule has 0 aliphatic carbocycles. The molecule has 7 nitrogen and oxygen atoms in total. The first-order valence-corrected chi connectivity index (χ1v) is 10.7. The first-order valence-electron chi connectivity index (χ1n) is 10.7. The van der Waals surface area contributed by atoms with Gasteiger partial charge in [0.2, 0.25) is 11.8 Å². The third-order valence-electron chi connectivity index (χ3n) is 5.72. The van der Waals surface area contributed by atoms with Gasteiger partial charge in [0.05, 0.1) is 20.0 Å². The number of amides is 2. The molecule has 2 aromatic carbocycles. The second-order valence-corrected chi connectivity index (χ2v) is 7.87. The van der Waals surface area contributed by atoms with Gasteiger partial charge in [-0.3, -0.25) is 9.59 Å². The summed E-state index contributed by atoms with van der Waals surface area (Å²) in [6.07, 6.45) is 2.13. The standard InChI is InChI=1S/C24H28N2O5/c1-29-20-5-3-2-4-18(20)16-24(28)26-10-8-19(9-11-26)25-23(27)15-17-6-7-21-22(14-17)31-13-12-30-21/h2-7,14,19H,8-13,15-16H2,1H3,(H,25,27). The van der Waals surface area contributed by atoms with E-state index in [-0.39, 0.29) is 17.9 Å². The number of hydrogen-bond acceptors (Lipinski definition) is 5. The number of likely N-dealkylation sites (tertiary alicyclic amines) is 1. The number of benzene rings is 2. The minimum absolute atomic E-state index is 0.0181. The van der Waals surface area contributed by atoms with Crippen LogP contribution in [0.25, 0.3) is 0 Å². The molecule has 2 aliphatic heterocycles. The largest absolute Gasteiger partial charge is 0.496 e. The maximum atomic E-state index is 12.7. The van der Waals surface area contributed by atoms with Crippen LogP contribution in [-0.4, -0.2) is 56.2 Å². The third kappa shape index (κ3) is 5.29. The lowest BCUT2D eigenvalue weighted by atomic mass is 10.0. The second kappa shape index (κ2) is 9.73.